The molecular weight excluding hydrogens is 1140 g/mol. The van der Waals surface area contributed by atoms with Crippen LogP contribution in [0.5, 0.6) is 0 Å². The molecule has 12 aromatic carbocycles. The Morgan fingerprint density at radius 2 is 0.679 bits per heavy atom. The van der Waals surface area contributed by atoms with Crippen molar-refractivity contribution in [2.75, 3.05) is 6.61 Å². The van der Waals surface area contributed by atoms with E-state index in [-0.39, 0.29) is 28.8 Å². The van der Waals surface area contributed by atoms with Gasteiger partial charge in [0.1, 0.15) is 0 Å². The van der Waals surface area contributed by atoms with E-state index in [2.05, 4.69) is 80.4 Å². The van der Waals surface area contributed by atoms with Crippen molar-refractivity contribution in [3.8, 4) is 89.0 Å². The highest BCUT2D eigenvalue weighted by Gasteiger charge is 2.46. The normalized spacial score (nSPS) is 12.0. The molecule has 4 nitrogen and oxygen atoms in total. The van der Waals surface area contributed by atoms with Crippen molar-refractivity contribution in [2.45, 2.75) is 6.92 Å². The molecule has 12 aromatic rings. The number of carbonyl (C=O) groups is 2. The van der Waals surface area contributed by atoms with Crippen LogP contribution in [0.2, 0.25) is 0 Å². The fraction of sp³-hybridized carbons (Fsp3) is 0.0270. The second-order valence-corrected chi connectivity index (χ2v) is 23.5. The summed E-state index contributed by atoms with van der Waals surface area (Å²) in [6, 6.07) is 91.6. The first kappa shape index (κ1) is 53.1. The maximum atomic E-state index is 18.4. The Labute approximate surface area is 489 Å². The Balaban J connectivity index is 1.44. The van der Waals surface area contributed by atoms with Crippen LogP contribution in [-0.4, -0.2) is 17.9 Å². The predicted octanol–water partition coefficient (Wildman–Crippen LogP) is 20.7. The van der Waals surface area contributed by atoms with Crippen molar-refractivity contribution >= 4 is 66.6 Å². The molecule has 0 aliphatic heterocycles. The molecule has 0 spiro atoms. The number of ketones is 1. The summed E-state index contributed by atoms with van der Waals surface area (Å²) in [6.45, 7) is 1.67. The van der Waals surface area contributed by atoms with E-state index in [1.165, 1.54) is 0 Å². The van der Waals surface area contributed by atoms with Crippen LogP contribution in [0.1, 0.15) is 33.2 Å². The summed E-state index contributed by atoms with van der Waals surface area (Å²) < 4.78 is 26.5. The molecule has 0 amide bonds. The number of carbonyl (C=O) groups excluding carboxylic acids is 2. The zero-order chi connectivity index (χ0) is 55.5. The summed E-state index contributed by atoms with van der Waals surface area (Å²) in [4.78, 5) is 34.5. The minimum atomic E-state index is -5.06. The van der Waals surface area contributed by atoms with E-state index in [4.69, 9.17) is 4.52 Å². The quantitative estimate of drug-likeness (QED) is 0.0758. The molecule has 0 bridgehead atoms. The average Bonchev–Trinajstić information content (AvgIpc) is 1.93. The van der Waals surface area contributed by atoms with Gasteiger partial charge >= 0.3 is 7.37 Å². The van der Waals surface area contributed by atoms with Crippen LogP contribution in [0.4, 0.5) is 0 Å². The molecule has 0 N–H and O–H groups in total. The number of benzene rings is 12. The average molecular weight is 1190 g/mol. The van der Waals surface area contributed by atoms with Gasteiger partial charge in [-0.15, -0.1) is 0 Å². The first-order chi connectivity index (χ1) is 39.8. The summed E-state index contributed by atoms with van der Waals surface area (Å²) in [6.07, 6.45) is 0. The smallest absolute Gasteiger partial charge is 0.302 e. The van der Waals surface area contributed by atoms with Gasteiger partial charge in [0.25, 0.3) is 5.52 Å². The summed E-state index contributed by atoms with van der Waals surface area (Å²) in [5.74, 6) is -0.367. The van der Waals surface area contributed by atoms with Crippen LogP contribution in [0.25, 0.3) is 99.8 Å². The monoisotopic (exact) mass is 1190 g/mol. The van der Waals surface area contributed by atoms with Crippen molar-refractivity contribution in [3.63, 3.8) is 0 Å². The summed E-state index contributed by atoms with van der Waals surface area (Å²) in [5, 5.41) is 1.08. The Bertz CT molecular complexity index is 4270. The van der Waals surface area contributed by atoms with Gasteiger partial charge in [0.05, 0.1) is 17.5 Å². The van der Waals surface area contributed by atoms with Gasteiger partial charge in [-0.25, -0.2) is 0 Å². The third kappa shape index (κ3) is 9.79. The second kappa shape index (κ2) is 23.2. The Kier molecular flexibility index (Phi) is 15.2. The molecule has 81 heavy (non-hydrogen) atoms. The zero-order valence-corrected chi connectivity index (χ0v) is 48.2. The maximum absolute atomic E-state index is 18.4. The molecule has 0 saturated heterocycles. The molecule has 1 unspecified atom stereocenters. The van der Waals surface area contributed by atoms with Gasteiger partial charge in [-0.2, -0.15) is 0 Å². The van der Waals surface area contributed by atoms with E-state index in [0.29, 0.717) is 53.1 Å². The van der Waals surface area contributed by atoms with Crippen LogP contribution >= 0.6 is 39.2 Å². The molecule has 0 aliphatic carbocycles. The third-order valence-electron chi connectivity index (χ3n) is 14.8. The molecule has 0 fully saturated rings. The topological polar surface area (TPSA) is 60.4 Å². The molecule has 0 aromatic heterocycles. The van der Waals surface area contributed by atoms with Gasteiger partial charge in [-0.1, -0.05) is 267 Å². The number of rotatable bonds is 15. The largest absolute Gasteiger partial charge is 0.320 e. The number of halogens is 2. The lowest BCUT2D eigenvalue weighted by molar-refractivity contribution is 0.103. The maximum Gasteiger partial charge on any atom is 0.302 e. The van der Waals surface area contributed by atoms with Crippen molar-refractivity contribution < 1.29 is 18.7 Å². The molecule has 0 radical (unpaired) electrons. The highest BCUT2D eigenvalue weighted by atomic mass is 79.9. The number of hydrogen-bond acceptors (Lipinski definition) is 4. The van der Waals surface area contributed by atoms with Crippen LogP contribution in [0.3, 0.4) is 0 Å². The minimum Gasteiger partial charge on any atom is -0.320 e. The van der Waals surface area contributed by atoms with Crippen LogP contribution in [-0.2, 0) is 9.09 Å². The summed E-state index contributed by atoms with van der Waals surface area (Å²) >= 11 is 7.71. The molecule has 0 aliphatic rings. The van der Waals surface area contributed by atoms with Crippen molar-refractivity contribution in [1.29, 1.82) is 0 Å². The third-order valence-corrected chi connectivity index (χ3v) is 18.6. The van der Waals surface area contributed by atoms with Crippen LogP contribution in [0.15, 0.2) is 288 Å². The van der Waals surface area contributed by atoms with Crippen LogP contribution in [0, 0.1) is 0 Å². The van der Waals surface area contributed by atoms with Crippen molar-refractivity contribution in [1.82, 2.24) is 0 Å². The van der Waals surface area contributed by atoms with Crippen LogP contribution < -0.4 is 5.30 Å². The molecular formula is C74H51Br2O4P. The molecule has 1 atom stereocenters. The van der Waals surface area contributed by atoms with Gasteiger partial charge in [-0.3, -0.25) is 14.2 Å². The molecule has 12 rings (SSSR count). The van der Waals surface area contributed by atoms with E-state index < -0.39 is 12.9 Å². The first-order valence-electron chi connectivity index (χ1n) is 26.9. The molecule has 0 saturated carbocycles. The lowest BCUT2D eigenvalue weighted by atomic mass is 9.74. The predicted molar refractivity (Wildman–Crippen MR) is 342 cm³/mol. The summed E-state index contributed by atoms with van der Waals surface area (Å²) in [5.41, 5.74) is 12.1. The Morgan fingerprint density at radius 1 is 0.346 bits per heavy atom. The van der Waals surface area contributed by atoms with E-state index >= 15 is 14.2 Å². The lowest BCUT2D eigenvalue weighted by Gasteiger charge is -2.32. The van der Waals surface area contributed by atoms with Gasteiger partial charge in [0.15, 0.2) is 5.78 Å². The number of fused-ring (bicyclic) bond motifs is 1. The highest BCUT2D eigenvalue weighted by molar-refractivity contribution is 9.11. The number of hydrogen-bond donors (Lipinski definition) is 0. The van der Waals surface area contributed by atoms with Gasteiger partial charge in [0, 0.05) is 47.5 Å². The molecule has 7 heteroatoms. The Hall–Kier alpha value is -8.61. The minimum absolute atomic E-state index is 0.114. The van der Waals surface area contributed by atoms with Gasteiger partial charge in [-0.05, 0) is 123 Å². The fourth-order valence-electron chi connectivity index (χ4n) is 11.5. The SMILES string of the molecule is CCOP(=O)(C(=O)c1cccc(-c2ccccc2)c1-c1ccccc1)c1c(-c2ccccc2)c(-c2ccccc2)c(-c2ccccc2)c2c(-c3ccccc3)c(-c3ccccc3)c(-c3ccccc3)c(C(=O)c3c(Br)cccc3Br)c12. The Morgan fingerprint density at radius 3 is 1.09 bits per heavy atom. The van der Waals surface area contributed by atoms with Gasteiger partial charge < -0.3 is 4.52 Å². The summed E-state index contributed by atoms with van der Waals surface area (Å²) in [7, 11) is -5.06. The molecule has 0 heterocycles. The highest BCUT2D eigenvalue weighted by Crippen LogP contribution is 2.61. The standard InChI is InChI=1S/C74H51Br2O4P/c1-2-80-81(79,74(78)58-46-27-45-57(49-29-11-3-12-30-49)61(58)50-31-13-4-14-32-50)73-67(56-43-25-10-26-44-56)63(52-35-17-6-18-36-52)65(54-39-21-8-22-40-54)69-64(53-37-19-7-20-38-53)62(51-33-15-5-16-34-51)66(55-41-23-9-24-42-55)70(71(69)73)72(77)68-59(75)47-28-48-60(68)76/h3-48H,2H2,1H3. The van der Waals surface area contributed by atoms with E-state index in [0.717, 1.165) is 61.2 Å². The van der Waals surface area contributed by atoms with E-state index in [1.807, 2.05) is 224 Å². The lowest BCUT2D eigenvalue weighted by Crippen LogP contribution is -2.24. The first-order valence-corrected chi connectivity index (χ1v) is 30.1. The second-order valence-electron chi connectivity index (χ2n) is 19.6. The zero-order valence-electron chi connectivity index (χ0n) is 44.1. The van der Waals surface area contributed by atoms with Crippen molar-refractivity contribution in [2.24, 2.45) is 0 Å². The van der Waals surface area contributed by atoms with E-state index in [1.54, 1.807) is 13.0 Å². The van der Waals surface area contributed by atoms with Crippen molar-refractivity contribution in [3.05, 3.63) is 305 Å². The fourth-order valence-corrected chi connectivity index (χ4v) is 15.2. The van der Waals surface area contributed by atoms with Gasteiger partial charge in [0.2, 0.25) is 0 Å². The molecule has 390 valence electrons. The van der Waals surface area contributed by atoms with E-state index in [9.17, 15) is 0 Å².